The molecule has 5 rings (SSSR count). The van der Waals surface area contributed by atoms with Gasteiger partial charge in [0, 0.05) is 24.4 Å². The number of rotatable bonds is 2. The summed E-state index contributed by atoms with van der Waals surface area (Å²) in [6.07, 6.45) is 7.54. The Morgan fingerprint density at radius 3 is 2.46 bits per heavy atom. The van der Waals surface area contributed by atoms with Gasteiger partial charge >= 0.3 is 0 Å². The molecule has 0 amide bonds. The third-order valence-electron chi connectivity index (χ3n) is 6.73. The molecule has 0 unspecified atom stereocenters. The second kappa shape index (κ2) is 6.73. The minimum absolute atomic E-state index is 0.0327. The maximum Gasteiger partial charge on any atom is 0.257 e. The molecule has 0 saturated heterocycles. The van der Waals surface area contributed by atoms with E-state index in [2.05, 4.69) is 36.4 Å². The zero-order chi connectivity index (χ0) is 19.1. The molecule has 142 valence electrons. The molecule has 2 aromatic carbocycles. The predicted molar refractivity (Wildman–Crippen MR) is 113 cm³/mol. The van der Waals surface area contributed by atoms with Gasteiger partial charge < -0.3 is 0 Å². The molecule has 1 saturated carbocycles. The van der Waals surface area contributed by atoms with Crippen molar-refractivity contribution in [1.29, 1.82) is 0 Å². The summed E-state index contributed by atoms with van der Waals surface area (Å²) < 4.78 is 1.80. The second-order valence-electron chi connectivity index (χ2n) is 8.45. The van der Waals surface area contributed by atoms with Crippen LogP contribution < -0.4 is 5.56 Å². The fourth-order valence-electron chi connectivity index (χ4n) is 5.27. The summed E-state index contributed by atoms with van der Waals surface area (Å²) in [7, 11) is 1.89. The molecule has 2 aliphatic rings. The SMILES string of the molecule is Cn1c(Cc2ccccc2)nc2c(c1=O)C1(CCCCC1)Cc1ccccc1-2. The first-order valence-corrected chi connectivity index (χ1v) is 10.4. The summed E-state index contributed by atoms with van der Waals surface area (Å²) >= 11 is 0. The van der Waals surface area contributed by atoms with Gasteiger partial charge in [-0.2, -0.15) is 0 Å². The van der Waals surface area contributed by atoms with Crippen LogP contribution in [0.25, 0.3) is 11.3 Å². The first kappa shape index (κ1) is 17.4. The van der Waals surface area contributed by atoms with Gasteiger partial charge in [-0.1, -0.05) is 73.9 Å². The van der Waals surface area contributed by atoms with E-state index in [1.54, 1.807) is 4.57 Å². The molecule has 28 heavy (non-hydrogen) atoms. The highest BCUT2D eigenvalue weighted by molar-refractivity contribution is 5.71. The van der Waals surface area contributed by atoms with E-state index in [0.29, 0.717) is 6.42 Å². The average Bonchev–Trinajstić information content (AvgIpc) is 2.73. The zero-order valence-corrected chi connectivity index (χ0v) is 16.4. The number of aromatic nitrogens is 2. The number of hydrogen-bond donors (Lipinski definition) is 0. The molecule has 0 bridgehead atoms. The molecule has 0 N–H and O–H groups in total. The molecule has 0 aliphatic heterocycles. The highest BCUT2D eigenvalue weighted by atomic mass is 16.1. The van der Waals surface area contributed by atoms with Crippen LogP contribution in [0.3, 0.4) is 0 Å². The number of fused-ring (bicyclic) bond motifs is 4. The zero-order valence-electron chi connectivity index (χ0n) is 16.4. The van der Waals surface area contributed by atoms with Gasteiger partial charge in [0.25, 0.3) is 5.56 Å². The van der Waals surface area contributed by atoms with E-state index in [-0.39, 0.29) is 11.0 Å². The lowest BCUT2D eigenvalue weighted by atomic mass is 9.62. The topological polar surface area (TPSA) is 34.9 Å². The summed E-state index contributed by atoms with van der Waals surface area (Å²) in [5, 5.41) is 0. The van der Waals surface area contributed by atoms with Crippen LogP contribution >= 0.6 is 0 Å². The van der Waals surface area contributed by atoms with Crippen LogP contribution in [0.4, 0.5) is 0 Å². The molecule has 3 aromatic rings. The lowest BCUT2D eigenvalue weighted by Crippen LogP contribution is -2.43. The Morgan fingerprint density at radius 2 is 1.68 bits per heavy atom. The Labute approximate surface area is 166 Å². The van der Waals surface area contributed by atoms with Gasteiger partial charge in [-0.05, 0) is 30.4 Å². The Hall–Kier alpha value is -2.68. The van der Waals surface area contributed by atoms with Crippen molar-refractivity contribution in [2.45, 2.75) is 50.4 Å². The van der Waals surface area contributed by atoms with E-state index in [4.69, 9.17) is 4.98 Å². The van der Waals surface area contributed by atoms with Crippen LogP contribution in [-0.4, -0.2) is 9.55 Å². The van der Waals surface area contributed by atoms with E-state index in [1.165, 1.54) is 30.4 Å². The molecule has 3 heteroatoms. The van der Waals surface area contributed by atoms with Crippen molar-refractivity contribution >= 4 is 0 Å². The van der Waals surface area contributed by atoms with Crippen molar-refractivity contribution in [3.05, 3.63) is 87.5 Å². The molecule has 1 spiro atoms. The standard InChI is InChI=1S/C25H26N2O/c1-27-21(16-18-10-4-2-5-11-18)26-23-20-13-7-6-12-19(20)17-25(22(23)24(27)28)14-8-3-9-15-25/h2,4-7,10-13H,3,8-9,14-17H2,1H3. The monoisotopic (exact) mass is 370 g/mol. The minimum atomic E-state index is -0.0327. The summed E-state index contributed by atoms with van der Waals surface area (Å²) in [6.45, 7) is 0. The smallest absolute Gasteiger partial charge is 0.257 e. The maximum atomic E-state index is 13.6. The molecule has 1 fully saturated rings. The van der Waals surface area contributed by atoms with Crippen LogP contribution in [0, 0.1) is 0 Å². The van der Waals surface area contributed by atoms with Gasteiger partial charge in [-0.15, -0.1) is 0 Å². The third kappa shape index (κ3) is 2.72. The predicted octanol–water partition coefficient (Wildman–Crippen LogP) is 4.80. The van der Waals surface area contributed by atoms with Gasteiger partial charge in [-0.25, -0.2) is 4.98 Å². The molecular formula is C25H26N2O. The molecule has 3 nitrogen and oxygen atoms in total. The first-order valence-electron chi connectivity index (χ1n) is 10.4. The Balaban J connectivity index is 1.73. The van der Waals surface area contributed by atoms with E-state index >= 15 is 0 Å². The van der Waals surface area contributed by atoms with E-state index in [1.807, 2.05) is 25.2 Å². The average molecular weight is 370 g/mol. The Kier molecular flexibility index (Phi) is 4.19. The first-order chi connectivity index (χ1) is 13.7. The van der Waals surface area contributed by atoms with Gasteiger partial charge in [0.15, 0.2) is 0 Å². The van der Waals surface area contributed by atoms with Crippen molar-refractivity contribution in [3.63, 3.8) is 0 Å². The normalized spacial score (nSPS) is 17.2. The van der Waals surface area contributed by atoms with Gasteiger partial charge in [0.2, 0.25) is 0 Å². The third-order valence-corrected chi connectivity index (χ3v) is 6.73. The maximum absolute atomic E-state index is 13.6. The quantitative estimate of drug-likeness (QED) is 0.650. The van der Waals surface area contributed by atoms with Crippen molar-refractivity contribution in [1.82, 2.24) is 9.55 Å². The summed E-state index contributed by atoms with van der Waals surface area (Å²) in [5.41, 5.74) is 5.73. The van der Waals surface area contributed by atoms with Gasteiger partial charge in [-0.3, -0.25) is 9.36 Å². The summed E-state index contributed by atoms with van der Waals surface area (Å²) in [6, 6.07) is 18.9. The summed E-state index contributed by atoms with van der Waals surface area (Å²) in [4.78, 5) is 18.8. The van der Waals surface area contributed by atoms with Crippen LogP contribution in [-0.2, 0) is 25.3 Å². The van der Waals surface area contributed by atoms with Crippen molar-refractivity contribution < 1.29 is 0 Å². The van der Waals surface area contributed by atoms with Crippen LogP contribution in [0.1, 0.15) is 54.6 Å². The Morgan fingerprint density at radius 1 is 0.964 bits per heavy atom. The number of hydrogen-bond acceptors (Lipinski definition) is 2. The van der Waals surface area contributed by atoms with Crippen LogP contribution in [0.5, 0.6) is 0 Å². The van der Waals surface area contributed by atoms with E-state index in [9.17, 15) is 4.79 Å². The lowest BCUT2D eigenvalue weighted by molar-refractivity contribution is 0.283. The van der Waals surface area contributed by atoms with Gasteiger partial charge in [0.1, 0.15) is 5.82 Å². The van der Waals surface area contributed by atoms with E-state index in [0.717, 1.165) is 41.9 Å². The molecule has 1 aromatic heterocycles. The highest BCUT2D eigenvalue weighted by Gasteiger charge is 2.43. The van der Waals surface area contributed by atoms with Crippen LogP contribution in [0.15, 0.2) is 59.4 Å². The fraction of sp³-hybridized carbons (Fsp3) is 0.360. The van der Waals surface area contributed by atoms with Crippen molar-refractivity contribution in [3.8, 4) is 11.3 Å². The number of benzene rings is 2. The lowest BCUT2D eigenvalue weighted by Gasteiger charge is -2.42. The number of nitrogens with zero attached hydrogens (tertiary/aromatic N) is 2. The molecule has 2 aliphatic carbocycles. The van der Waals surface area contributed by atoms with Gasteiger partial charge in [0.05, 0.1) is 11.3 Å². The van der Waals surface area contributed by atoms with Crippen molar-refractivity contribution in [2.75, 3.05) is 0 Å². The molecule has 1 heterocycles. The van der Waals surface area contributed by atoms with E-state index < -0.39 is 0 Å². The molecule has 0 atom stereocenters. The fourth-order valence-corrected chi connectivity index (χ4v) is 5.27. The second-order valence-corrected chi connectivity index (χ2v) is 8.45. The van der Waals surface area contributed by atoms with Crippen molar-refractivity contribution in [2.24, 2.45) is 7.05 Å². The molecule has 0 radical (unpaired) electrons. The highest BCUT2D eigenvalue weighted by Crippen LogP contribution is 2.48. The summed E-state index contributed by atoms with van der Waals surface area (Å²) in [5.74, 6) is 0.845. The van der Waals surface area contributed by atoms with Crippen LogP contribution in [0.2, 0.25) is 0 Å². The minimum Gasteiger partial charge on any atom is -0.299 e. The molecular weight excluding hydrogens is 344 g/mol. The largest absolute Gasteiger partial charge is 0.299 e. The Bertz CT molecular complexity index is 1080.